The van der Waals surface area contributed by atoms with Gasteiger partial charge in [-0.3, -0.25) is 9.98 Å². The highest BCUT2D eigenvalue weighted by Gasteiger charge is 2.41. The molecule has 0 bridgehead atoms. The molecule has 2 aromatic heterocycles. The van der Waals surface area contributed by atoms with Crippen molar-refractivity contribution in [1.29, 1.82) is 0 Å². The number of aromatic nitrogens is 4. The smallest absolute Gasteiger partial charge is 0.291 e. The van der Waals surface area contributed by atoms with E-state index < -0.39 is 0 Å². The van der Waals surface area contributed by atoms with Crippen LogP contribution in [0.25, 0.3) is 0 Å². The van der Waals surface area contributed by atoms with Crippen LogP contribution in [0.5, 0.6) is 0 Å². The van der Waals surface area contributed by atoms with E-state index in [2.05, 4.69) is 30.8 Å². The number of aryl methyl sites for hydroxylation is 4. The Hall–Kier alpha value is -2.64. The molecule has 0 radical (unpaired) electrons. The zero-order chi connectivity index (χ0) is 22.3. The monoisotopic (exact) mass is 414 g/mol. The Kier molecular flexibility index (Phi) is 5.80. The molecule has 1 aliphatic rings. The molecule has 1 aliphatic carbocycles. The van der Waals surface area contributed by atoms with E-state index in [0.29, 0.717) is 18.2 Å². The van der Waals surface area contributed by atoms with E-state index in [-0.39, 0.29) is 28.7 Å². The normalized spacial score (nSPS) is 25.0. The maximum absolute atomic E-state index is 12.8. The zero-order valence-corrected chi connectivity index (χ0v) is 19.2. The molecular weight excluding hydrogens is 380 g/mol. The van der Waals surface area contributed by atoms with E-state index in [9.17, 15) is 10.2 Å². The minimum Gasteiger partial charge on any atom is -0.853 e. The van der Waals surface area contributed by atoms with E-state index >= 15 is 0 Å². The first-order chi connectivity index (χ1) is 13.9. The number of nitrogens with zero attached hydrogens (tertiary/aromatic N) is 6. The third-order valence-electron chi connectivity index (χ3n) is 6.07. The first-order valence-corrected chi connectivity index (χ1v) is 10.4. The Morgan fingerprint density at radius 2 is 1.53 bits per heavy atom. The summed E-state index contributed by atoms with van der Waals surface area (Å²) in [4.78, 5) is 9.01. The van der Waals surface area contributed by atoms with Crippen molar-refractivity contribution in [2.24, 2.45) is 49.0 Å². The lowest BCUT2D eigenvalue weighted by atomic mass is 9.63. The fraction of sp³-hybridized carbons (Fsp3) is 0.636. The van der Waals surface area contributed by atoms with E-state index in [1.165, 1.54) is 0 Å². The zero-order valence-electron chi connectivity index (χ0n) is 19.2. The molecule has 2 aromatic rings. The van der Waals surface area contributed by atoms with Gasteiger partial charge in [0.2, 0.25) is 0 Å². The molecule has 1 saturated carbocycles. The summed E-state index contributed by atoms with van der Waals surface area (Å²) in [5, 5.41) is 25.5. The van der Waals surface area contributed by atoms with Crippen molar-refractivity contribution >= 4 is 11.8 Å². The van der Waals surface area contributed by atoms with Gasteiger partial charge in [0.25, 0.3) is 11.6 Å². The van der Waals surface area contributed by atoms with E-state index in [4.69, 9.17) is 0 Å². The first kappa shape index (κ1) is 22.1. The summed E-state index contributed by atoms with van der Waals surface area (Å²) in [5.74, 6) is 0.714. The van der Waals surface area contributed by atoms with Crippen molar-refractivity contribution in [2.75, 3.05) is 6.54 Å². The van der Waals surface area contributed by atoms with Gasteiger partial charge >= 0.3 is 0 Å². The third-order valence-corrected chi connectivity index (χ3v) is 6.07. The summed E-state index contributed by atoms with van der Waals surface area (Å²) in [7, 11) is 7.40. The van der Waals surface area contributed by atoms with Crippen molar-refractivity contribution in [1.82, 2.24) is 9.13 Å². The summed E-state index contributed by atoms with van der Waals surface area (Å²) in [6, 6.07) is -0.0856. The van der Waals surface area contributed by atoms with Crippen LogP contribution in [-0.2, 0) is 28.2 Å². The van der Waals surface area contributed by atoms with Gasteiger partial charge < -0.3 is 10.2 Å². The number of hydrogen-bond donors (Lipinski definition) is 0. The molecule has 0 saturated heterocycles. The lowest BCUT2D eigenvalue weighted by Gasteiger charge is -2.45. The van der Waals surface area contributed by atoms with Gasteiger partial charge in [-0.2, -0.15) is 0 Å². The van der Waals surface area contributed by atoms with Crippen LogP contribution in [0.3, 0.4) is 0 Å². The Bertz CT molecular complexity index is 945. The van der Waals surface area contributed by atoms with Crippen LogP contribution < -0.4 is 19.3 Å². The lowest BCUT2D eigenvalue weighted by molar-refractivity contribution is -0.674. The summed E-state index contributed by atoms with van der Waals surface area (Å²) in [6.45, 7) is 7.00. The van der Waals surface area contributed by atoms with Crippen LogP contribution in [0.15, 0.2) is 34.8 Å². The molecule has 3 rings (SSSR count). The molecule has 0 spiro atoms. The predicted octanol–water partition coefficient (Wildman–Crippen LogP) is -0.488. The van der Waals surface area contributed by atoms with E-state index in [1.54, 1.807) is 18.3 Å². The molecule has 2 unspecified atom stereocenters. The molecule has 0 aliphatic heterocycles. The van der Waals surface area contributed by atoms with Crippen molar-refractivity contribution < 1.29 is 19.3 Å². The first-order valence-electron chi connectivity index (χ1n) is 10.4. The number of hydrogen-bond acceptors (Lipinski definition) is 4. The van der Waals surface area contributed by atoms with E-state index in [1.807, 2.05) is 53.0 Å². The Morgan fingerprint density at radius 1 is 1.00 bits per heavy atom. The van der Waals surface area contributed by atoms with Crippen LogP contribution in [-0.4, -0.2) is 33.5 Å². The second kappa shape index (κ2) is 7.89. The van der Waals surface area contributed by atoms with Gasteiger partial charge in [-0.15, -0.1) is 0 Å². The van der Waals surface area contributed by atoms with Crippen LogP contribution in [0.1, 0.15) is 51.7 Å². The van der Waals surface area contributed by atoms with Crippen molar-refractivity contribution in [3.8, 4) is 0 Å². The fourth-order valence-corrected chi connectivity index (χ4v) is 5.13. The van der Waals surface area contributed by atoms with Crippen molar-refractivity contribution in [2.45, 2.75) is 46.1 Å². The van der Waals surface area contributed by atoms with Gasteiger partial charge in [-0.25, -0.2) is 18.3 Å². The molecule has 2 heterocycles. The summed E-state index contributed by atoms with van der Waals surface area (Å²) < 4.78 is 7.17. The highest BCUT2D eigenvalue weighted by Crippen LogP contribution is 2.47. The maximum atomic E-state index is 12.8. The average Bonchev–Trinajstić information content (AvgIpc) is 3.12. The molecule has 8 nitrogen and oxygen atoms in total. The van der Waals surface area contributed by atoms with Gasteiger partial charge in [0.15, 0.2) is 0 Å². The molecule has 0 aromatic carbocycles. The highest BCUT2D eigenvalue weighted by atomic mass is 16.3. The summed E-state index contributed by atoms with van der Waals surface area (Å²) in [6.07, 6.45) is 9.93. The van der Waals surface area contributed by atoms with Crippen molar-refractivity contribution in [3.05, 3.63) is 36.4 Å². The molecule has 0 amide bonds. The largest absolute Gasteiger partial charge is 0.853 e. The minimum absolute atomic E-state index is 0.0199. The summed E-state index contributed by atoms with van der Waals surface area (Å²) >= 11 is 0. The van der Waals surface area contributed by atoms with Gasteiger partial charge in [0.05, 0.1) is 46.0 Å². The average molecular weight is 415 g/mol. The topological polar surface area (TPSA) is 88.5 Å². The molecular formula is C22H34N6O2. The molecule has 2 atom stereocenters. The fourth-order valence-electron chi connectivity index (χ4n) is 5.13. The summed E-state index contributed by atoms with van der Waals surface area (Å²) in [5.41, 5.74) is -0.169. The van der Waals surface area contributed by atoms with Crippen LogP contribution in [0.2, 0.25) is 0 Å². The Morgan fingerprint density at radius 3 is 2.03 bits per heavy atom. The molecule has 8 heteroatoms. The van der Waals surface area contributed by atoms with E-state index in [0.717, 1.165) is 19.3 Å². The van der Waals surface area contributed by atoms with Gasteiger partial charge in [-0.05, 0) is 30.1 Å². The molecule has 30 heavy (non-hydrogen) atoms. The van der Waals surface area contributed by atoms with Crippen LogP contribution in [0, 0.1) is 10.8 Å². The Labute approximate surface area is 178 Å². The lowest BCUT2D eigenvalue weighted by Crippen LogP contribution is -2.44. The van der Waals surface area contributed by atoms with Crippen molar-refractivity contribution in [3.63, 3.8) is 0 Å². The molecule has 1 fully saturated rings. The number of rotatable bonds is 5. The Balaban J connectivity index is 1.83. The quantitative estimate of drug-likeness (QED) is 0.376. The second-order valence-corrected chi connectivity index (χ2v) is 9.96. The molecule has 164 valence electrons. The third kappa shape index (κ3) is 4.57. The second-order valence-electron chi connectivity index (χ2n) is 9.96. The van der Waals surface area contributed by atoms with Gasteiger partial charge in [0.1, 0.15) is 24.8 Å². The maximum Gasteiger partial charge on any atom is 0.291 e. The number of imidazole rings is 2. The van der Waals surface area contributed by atoms with Crippen LogP contribution in [0.4, 0.5) is 0 Å². The van der Waals surface area contributed by atoms with Gasteiger partial charge in [-0.1, -0.05) is 20.8 Å². The SMILES string of the molecule is Cn1cc[n+](C)c1/C([O-])=N/CC1(C)CC(/N=C(\[O-])c2n(C)cc[n+]2C)CC(C)(C)C1. The molecule has 0 N–H and O–H groups in total. The predicted molar refractivity (Wildman–Crippen MR) is 111 cm³/mol. The van der Waals surface area contributed by atoms with Crippen LogP contribution >= 0.6 is 0 Å². The highest BCUT2D eigenvalue weighted by molar-refractivity contribution is 5.85. The minimum atomic E-state index is -0.213. The van der Waals surface area contributed by atoms with Gasteiger partial charge in [0, 0.05) is 6.54 Å². The standard InChI is InChI=1S/C22H34N6O2/c1-21(2)12-16(24-18(30)20-27(6)10-11-28(20)7)13-22(3,14-21)15-23-17(29)19-25(4)8-9-26(19)5/h8-11,16H,12-15H2,1-7H3. The number of aliphatic imine (C=N–C) groups is 2.